The van der Waals surface area contributed by atoms with Crippen molar-refractivity contribution >= 4 is 23.1 Å². The van der Waals surface area contributed by atoms with E-state index in [4.69, 9.17) is 4.98 Å². The van der Waals surface area contributed by atoms with Gasteiger partial charge in [0.05, 0.1) is 17.2 Å². The Morgan fingerprint density at radius 1 is 0.926 bits per heavy atom. The van der Waals surface area contributed by atoms with Crippen LogP contribution in [0.1, 0.15) is 17.8 Å². The van der Waals surface area contributed by atoms with Crippen molar-refractivity contribution in [3.63, 3.8) is 0 Å². The van der Waals surface area contributed by atoms with Gasteiger partial charge in [0.15, 0.2) is 0 Å². The van der Waals surface area contributed by atoms with E-state index in [1.807, 2.05) is 77.5 Å². The third kappa shape index (κ3) is 3.87. The molecule has 4 aromatic rings. The van der Waals surface area contributed by atoms with Gasteiger partial charge in [-0.15, -0.1) is 0 Å². The molecule has 0 aliphatic carbocycles. The second-order valence-electron chi connectivity index (χ2n) is 6.34. The van der Waals surface area contributed by atoms with Crippen molar-refractivity contribution in [2.24, 2.45) is 0 Å². The lowest BCUT2D eigenvalue weighted by Crippen LogP contribution is -2.24. The van der Waals surface area contributed by atoms with Crippen LogP contribution < -0.4 is 5.56 Å². The first-order valence-corrected chi connectivity index (χ1v) is 9.00. The smallest absolute Gasteiger partial charge is 0.261 e. The van der Waals surface area contributed by atoms with Crippen molar-refractivity contribution in [1.29, 1.82) is 0 Å². The summed E-state index contributed by atoms with van der Waals surface area (Å²) in [5.74, 6) is 0.674. The first-order chi connectivity index (χ1) is 13.3. The van der Waals surface area contributed by atoms with Crippen molar-refractivity contribution in [3.8, 4) is 0 Å². The van der Waals surface area contributed by atoms with E-state index in [9.17, 15) is 4.79 Å². The van der Waals surface area contributed by atoms with Gasteiger partial charge in [0.2, 0.25) is 0 Å². The topological polar surface area (TPSA) is 52.7 Å². The van der Waals surface area contributed by atoms with Crippen molar-refractivity contribution in [2.45, 2.75) is 19.5 Å². The summed E-state index contributed by atoms with van der Waals surface area (Å²) in [6.45, 7) is 1.41. The summed E-state index contributed by atoms with van der Waals surface area (Å²) in [6, 6.07) is 17.5. The largest absolute Gasteiger partial charge is 0.337 e. The maximum absolute atomic E-state index is 13.0. The normalized spacial score (nSPS) is 11.4. The molecule has 27 heavy (non-hydrogen) atoms. The highest BCUT2D eigenvalue weighted by Crippen LogP contribution is 2.12. The van der Waals surface area contributed by atoms with Crippen molar-refractivity contribution in [3.05, 3.63) is 95.1 Å². The lowest BCUT2D eigenvalue weighted by molar-refractivity contribution is 0.547. The van der Waals surface area contributed by atoms with E-state index in [-0.39, 0.29) is 5.56 Å². The van der Waals surface area contributed by atoms with E-state index in [0.29, 0.717) is 17.8 Å². The Bertz CT molecular complexity index is 1110. The van der Waals surface area contributed by atoms with Gasteiger partial charge in [0.25, 0.3) is 5.56 Å². The van der Waals surface area contributed by atoms with Gasteiger partial charge in [0, 0.05) is 25.5 Å². The monoisotopic (exact) mass is 356 g/mol. The number of fused-ring (bicyclic) bond motifs is 1. The van der Waals surface area contributed by atoms with Crippen LogP contribution in [0.3, 0.4) is 0 Å². The number of aromatic nitrogens is 4. The summed E-state index contributed by atoms with van der Waals surface area (Å²) in [4.78, 5) is 21.8. The van der Waals surface area contributed by atoms with Crippen LogP contribution in [0, 0.1) is 0 Å². The van der Waals surface area contributed by atoms with Gasteiger partial charge in [0.1, 0.15) is 5.82 Å². The summed E-state index contributed by atoms with van der Waals surface area (Å²) >= 11 is 0. The zero-order chi connectivity index (χ0) is 18.5. The van der Waals surface area contributed by atoms with E-state index in [1.54, 1.807) is 17.1 Å². The van der Waals surface area contributed by atoms with Crippen LogP contribution in [-0.4, -0.2) is 19.1 Å². The van der Waals surface area contributed by atoms with Gasteiger partial charge >= 0.3 is 0 Å². The zero-order valence-electron chi connectivity index (χ0n) is 14.9. The predicted molar refractivity (Wildman–Crippen MR) is 108 cm³/mol. The van der Waals surface area contributed by atoms with E-state index in [2.05, 4.69) is 4.98 Å². The van der Waals surface area contributed by atoms with E-state index >= 15 is 0 Å². The number of para-hydroxylation sites is 1. The Morgan fingerprint density at radius 3 is 2.56 bits per heavy atom. The second kappa shape index (κ2) is 7.83. The molecule has 0 radical (unpaired) electrons. The first-order valence-electron chi connectivity index (χ1n) is 9.00. The van der Waals surface area contributed by atoms with E-state index in [1.165, 1.54) is 0 Å². The molecule has 134 valence electrons. The number of imidazole rings is 1. The van der Waals surface area contributed by atoms with Gasteiger partial charge < -0.3 is 4.57 Å². The van der Waals surface area contributed by atoms with E-state index < -0.39 is 0 Å². The summed E-state index contributed by atoms with van der Waals surface area (Å²) in [5.41, 5.74) is 1.80. The molecule has 2 aromatic carbocycles. The second-order valence-corrected chi connectivity index (χ2v) is 6.34. The summed E-state index contributed by atoms with van der Waals surface area (Å²) < 4.78 is 3.78. The molecule has 0 N–H and O–H groups in total. The molecule has 0 spiro atoms. The zero-order valence-corrected chi connectivity index (χ0v) is 14.9. The van der Waals surface area contributed by atoms with Gasteiger partial charge in [-0.1, -0.05) is 48.5 Å². The Balaban J connectivity index is 1.68. The minimum Gasteiger partial charge on any atom is -0.337 e. The highest BCUT2D eigenvalue weighted by atomic mass is 16.1. The Kier molecular flexibility index (Phi) is 4.92. The van der Waals surface area contributed by atoms with Crippen LogP contribution in [0.15, 0.2) is 78.1 Å². The first kappa shape index (κ1) is 17.0. The van der Waals surface area contributed by atoms with Crippen molar-refractivity contribution in [1.82, 2.24) is 19.1 Å². The minimum atomic E-state index is -0.000979. The van der Waals surface area contributed by atoms with Crippen LogP contribution in [0.2, 0.25) is 0 Å². The lowest BCUT2D eigenvalue weighted by atomic mass is 10.2. The van der Waals surface area contributed by atoms with Crippen LogP contribution in [0.4, 0.5) is 0 Å². The van der Waals surface area contributed by atoms with Crippen LogP contribution >= 0.6 is 0 Å². The number of rotatable bonds is 6. The molecule has 0 aliphatic rings. The molecule has 0 saturated heterocycles. The third-order valence-corrected chi connectivity index (χ3v) is 4.47. The molecular formula is C22H20N4O. The highest BCUT2D eigenvalue weighted by molar-refractivity contribution is 5.79. The summed E-state index contributed by atoms with van der Waals surface area (Å²) in [6.07, 6.45) is 10.2. The van der Waals surface area contributed by atoms with Gasteiger partial charge in [-0.3, -0.25) is 9.36 Å². The molecule has 4 rings (SSSR count). The fourth-order valence-electron chi connectivity index (χ4n) is 3.09. The quantitative estimate of drug-likeness (QED) is 0.527. The fourth-order valence-corrected chi connectivity index (χ4v) is 3.09. The molecule has 0 bridgehead atoms. The molecule has 0 unspecified atom stereocenters. The third-order valence-electron chi connectivity index (χ3n) is 4.47. The van der Waals surface area contributed by atoms with Crippen molar-refractivity contribution in [2.75, 3.05) is 0 Å². The molecular weight excluding hydrogens is 336 g/mol. The van der Waals surface area contributed by atoms with E-state index in [0.717, 1.165) is 24.0 Å². The molecule has 5 nitrogen and oxygen atoms in total. The van der Waals surface area contributed by atoms with Gasteiger partial charge in [-0.2, -0.15) is 0 Å². The molecule has 0 aliphatic heterocycles. The highest BCUT2D eigenvalue weighted by Gasteiger charge is 2.09. The number of hydrogen-bond acceptors (Lipinski definition) is 3. The number of aryl methyl sites for hydroxylation is 1. The number of benzene rings is 2. The number of nitrogens with zero attached hydrogens (tertiary/aromatic N) is 4. The maximum atomic E-state index is 13.0. The molecule has 2 aromatic heterocycles. The SMILES string of the molecule is O=c1c2ccccc2nc(/C=C/c2ccccc2)n1CCCn1ccnc1. The van der Waals surface area contributed by atoms with Crippen LogP contribution in [0.5, 0.6) is 0 Å². The van der Waals surface area contributed by atoms with Crippen LogP contribution in [-0.2, 0) is 13.1 Å². The molecule has 0 fully saturated rings. The number of hydrogen-bond donors (Lipinski definition) is 0. The van der Waals surface area contributed by atoms with Gasteiger partial charge in [-0.05, 0) is 30.2 Å². The Hall–Kier alpha value is -3.47. The average molecular weight is 356 g/mol. The lowest BCUT2D eigenvalue weighted by Gasteiger charge is -2.11. The molecule has 0 saturated carbocycles. The molecule has 0 amide bonds. The minimum absolute atomic E-state index is 0.000979. The van der Waals surface area contributed by atoms with Crippen molar-refractivity contribution < 1.29 is 0 Å². The predicted octanol–water partition coefficient (Wildman–Crippen LogP) is 3.85. The Labute approximate surface area is 157 Å². The molecule has 2 heterocycles. The molecule has 5 heteroatoms. The standard InChI is InChI=1S/C22H20N4O/c27-22-19-9-4-5-10-20(19)24-21(12-11-18-7-2-1-3-8-18)26(22)15-6-14-25-16-13-23-17-25/h1-5,7-13,16-17H,6,14-15H2/b12-11+. The van der Waals surface area contributed by atoms with Crippen LogP contribution in [0.25, 0.3) is 23.1 Å². The fraction of sp³-hybridized carbons (Fsp3) is 0.136. The maximum Gasteiger partial charge on any atom is 0.261 e. The Morgan fingerprint density at radius 2 is 1.74 bits per heavy atom. The molecule has 0 atom stereocenters. The summed E-state index contributed by atoms with van der Waals surface area (Å²) in [7, 11) is 0. The average Bonchev–Trinajstić information content (AvgIpc) is 3.23. The van der Waals surface area contributed by atoms with Gasteiger partial charge in [-0.25, -0.2) is 9.97 Å². The summed E-state index contributed by atoms with van der Waals surface area (Å²) in [5, 5.41) is 0.650.